The SMILES string of the molecule is Nc1ccc(C(=O)N2CCC3(CCCCC3)CC2)cc1Cl. The van der Waals surface area contributed by atoms with Crippen molar-refractivity contribution in [2.75, 3.05) is 18.8 Å². The number of halogens is 1. The van der Waals surface area contributed by atoms with Gasteiger partial charge in [-0.2, -0.15) is 0 Å². The lowest BCUT2D eigenvalue weighted by atomic mass is 9.68. The Hall–Kier alpha value is -1.22. The van der Waals surface area contributed by atoms with E-state index in [0.29, 0.717) is 21.7 Å². The van der Waals surface area contributed by atoms with Gasteiger partial charge in [0.1, 0.15) is 0 Å². The second kappa shape index (κ2) is 5.88. The number of benzene rings is 1. The van der Waals surface area contributed by atoms with Crippen LogP contribution in [0.1, 0.15) is 55.3 Å². The quantitative estimate of drug-likeness (QED) is 0.794. The molecule has 1 spiro atoms. The fourth-order valence-corrected chi connectivity index (χ4v) is 4.01. The standard InChI is InChI=1S/C17H23ClN2O/c18-14-12-13(4-5-15(14)19)16(21)20-10-8-17(9-11-20)6-2-1-3-7-17/h4-5,12H,1-3,6-11,19H2. The molecule has 3 nitrogen and oxygen atoms in total. The molecule has 0 bridgehead atoms. The number of hydrogen-bond acceptors (Lipinski definition) is 2. The first-order valence-corrected chi connectivity index (χ1v) is 8.32. The number of carbonyl (C=O) groups excluding carboxylic acids is 1. The molecule has 0 radical (unpaired) electrons. The maximum absolute atomic E-state index is 12.6. The normalized spacial score (nSPS) is 21.5. The van der Waals surface area contributed by atoms with Crippen molar-refractivity contribution >= 4 is 23.2 Å². The number of rotatable bonds is 1. The molecular weight excluding hydrogens is 284 g/mol. The Morgan fingerprint density at radius 1 is 1.10 bits per heavy atom. The summed E-state index contributed by atoms with van der Waals surface area (Å²) < 4.78 is 0. The molecule has 0 unspecified atom stereocenters. The van der Waals surface area contributed by atoms with E-state index in [-0.39, 0.29) is 5.91 Å². The lowest BCUT2D eigenvalue weighted by Crippen LogP contribution is -2.43. The van der Waals surface area contributed by atoms with Crippen LogP contribution in [0.5, 0.6) is 0 Å². The number of nitrogens with zero attached hydrogens (tertiary/aromatic N) is 1. The number of piperidine rings is 1. The van der Waals surface area contributed by atoms with Crippen molar-refractivity contribution in [2.24, 2.45) is 5.41 Å². The van der Waals surface area contributed by atoms with Gasteiger partial charge in [0, 0.05) is 18.7 Å². The third-order valence-corrected chi connectivity index (χ3v) is 5.60. The highest BCUT2D eigenvalue weighted by molar-refractivity contribution is 6.33. The highest BCUT2D eigenvalue weighted by atomic mass is 35.5. The fraction of sp³-hybridized carbons (Fsp3) is 0.588. The van der Waals surface area contributed by atoms with Gasteiger partial charge in [0.05, 0.1) is 10.7 Å². The molecule has 1 aromatic carbocycles. The van der Waals surface area contributed by atoms with Crippen molar-refractivity contribution in [3.8, 4) is 0 Å². The number of likely N-dealkylation sites (tertiary alicyclic amines) is 1. The van der Waals surface area contributed by atoms with Crippen LogP contribution in [0.3, 0.4) is 0 Å². The number of carbonyl (C=O) groups is 1. The molecule has 1 aromatic rings. The molecule has 1 saturated heterocycles. The molecule has 2 N–H and O–H groups in total. The minimum absolute atomic E-state index is 0.0857. The summed E-state index contributed by atoms with van der Waals surface area (Å²) >= 11 is 6.02. The summed E-state index contributed by atoms with van der Waals surface area (Å²) in [6.07, 6.45) is 9.12. The lowest BCUT2D eigenvalue weighted by molar-refractivity contribution is 0.0472. The number of hydrogen-bond donors (Lipinski definition) is 1. The van der Waals surface area contributed by atoms with Gasteiger partial charge >= 0.3 is 0 Å². The van der Waals surface area contributed by atoms with Gasteiger partial charge in [-0.3, -0.25) is 4.79 Å². The third-order valence-electron chi connectivity index (χ3n) is 5.27. The lowest BCUT2D eigenvalue weighted by Gasteiger charge is -2.44. The van der Waals surface area contributed by atoms with Gasteiger partial charge in [-0.1, -0.05) is 30.9 Å². The molecule has 1 amide bonds. The summed E-state index contributed by atoms with van der Waals surface area (Å²) in [4.78, 5) is 14.5. The maximum atomic E-state index is 12.6. The van der Waals surface area contributed by atoms with Crippen LogP contribution in [0, 0.1) is 5.41 Å². The molecule has 3 rings (SSSR count). The highest BCUT2D eigenvalue weighted by Crippen LogP contribution is 2.44. The molecular formula is C17H23ClN2O. The average Bonchev–Trinajstić information content (AvgIpc) is 2.51. The molecule has 1 aliphatic heterocycles. The average molecular weight is 307 g/mol. The molecule has 114 valence electrons. The van der Waals surface area contributed by atoms with E-state index >= 15 is 0 Å². The summed E-state index contributed by atoms with van der Waals surface area (Å²) in [6, 6.07) is 5.17. The first-order valence-electron chi connectivity index (χ1n) is 7.94. The molecule has 1 aliphatic carbocycles. The van der Waals surface area contributed by atoms with Crippen molar-refractivity contribution in [3.05, 3.63) is 28.8 Å². The summed E-state index contributed by atoms with van der Waals surface area (Å²) in [6.45, 7) is 1.75. The van der Waals surface area contributed by atoms with E-state index in [4.69, 9.17) is 17.3 Å². The van der Waals surface area contributed by atoms with Crippen molar-refractivity contribution in [2.45, 2.75) is 44.9 Å². The Bertz CT molecular complexity index is 528. The smallest absolute Gasteiger partial charge is 0.253 e. The Morgan fingerprint density at radius 3 is 2.38 bits per heavy atom. The predicted octanol–water partition coefficient (Wildman–Crippen LogP) is 4.11. The van der Waals surface area contributed by atoms with Crippen molar-refractivity contribution in [1.82, 2.24) is 4.90 Å². The first-order chi connectivity index (χ1) is 10.1. The Kier molecular flexibility index (Phi) is 4.12. The van der Waals surface area contributed by atoms with Crippen LogP contribution in [0.2, 0.25) is 5.02 Å². The van der Waals surface area contributed by atoms with Crippen LogP contribution in [0.25, 0.3) is 0 Å². The predicted molar refractivity (Wildman–Crippen MR) is 86.5 cm³/mol. The monoisotopic (exact) mass is 306 g/mol. The molecule has 2 aliphatic rings. The van der Waals surface area contributed by atoms with Gasteiger partial charge in [-0.05, 0) is 49.3 Å². The number of amides is 1. The summed E-state index contributed by atoms with van der Waals surface area (Å²) in [5, 5.41) is 0.460. The largest absolute Gasteiger partial charge is 0.398 e. The van der Waals surface area contributed by atoms with Crippen molar-refractivity contribution in [1.29, 1.82) is 0 Å². The van der Waals surface area contributed by atoms with Gasteiger partial charge in [0.25, 0.3) is 5.91 Å². The molecule has 1 heterocycles. The molecule has 2 fully saturated rings. The van der Waals surface area contributed by atoms with Gasteiger partial charge in [0.2, 0.25) is 0 Å². The first kappa shape index (κ1) is 14.7. The van der Waals surface area contributed by atoms with E-state index in [1.165, 1.54) is 32.1 Å². The van der Waals surface area contributed by atoms with Gasteiger partial charge in [-0.15, -0.1) is 0 Å². The van der Waals surface area contributed by atoms with Crippen LogP contribution in [0.4, 0.5) is 5.69 Å². The fourth-order valence-electron chi connectivity index (χ4n) is 3.83. The Balaban J connectivity index is 1.65. The molecule has 21 heavy (non-hydrogen) atoms. The zero-order valence-corrected chi connectivity index (χ0v) is 13.2. The summed E-state index contributed by atoms with van der Waals surface area (Å²) in [5.41, 5.74) is 7.39. The number of nitrogen functional groups attached to an aromatic ring is 1. The van der Waals surface area contributed by atoms with Crippen LogP contribution in [-0.2, 0) is 0 Å². The number of anilines is 1. The van der Waals surface area contributed by atoms with E-state index in [1.54, 1.807) is 18.2 Å². The minimum atomic E-state index is 0.0857. The van der Waals surface area contributed by atoms with E-state index in [9.17, 15) is 4.79 Å². The third kappa shape index (κ3) is 3.03. The van der Waals surface area contributed by atoms with Gasteiger partial charge < -0.3 is 10.6 Å². The second-order valence-corrected chi connectivity index (χ2v) is 7.00. The Morgan fingerprint density at radius 2 is 1.76 bits per heavy atom. The van der Waals surface area contributed by atoms with Crippen LogP contribution in [0.15, 0.2) is 18.2 Å². The van der Waals surface area contributed by atoms with Crippen LogP contribution >= 0.6 is 11.6 Å². The van der Waals surface area contributed by atoms with Crippen LogP contribution in [-0.4, -0.2) is 23.9 Å². The molecule has 4 heteroatoms. The zero-order chi connectivity index (χ0) is 14.9. The summed E-state index contributed by atoms with van der Waals surface area (Å²) in [7, 11) is 0. The van der Waals surface area contributed by atoms with Crippen molar-refractivity contribution in [3.63, 3.8) is 0 Å². The van der Waals surface area contributed by atoms with Gasteiger partial charge in [-0.25, -0.2) is 0 Å². The second-order valence-electron chi connectivity index (χ2n) is 6.59. The molecule has 0 atom stereocenters. The van der Waals surface area contributed by atoms with Crippen LogP contribution < -0.4 is 5.73 Å². The van der Waals surface area contributed by atoms with E-state index in [2.05, 4.69) is 0 Å². The Labute approximate surface area is 131 Å². The van der Waals surface area contributed by atoms with Gasteiger partial charge in [0.15, 0.2) is 0 Å². The summed E-state index contributed by atoms with van der Waals surface area (Å²) in [5.74, 6) is 0.0857. The van der Waals surface area contributed by atoms with Crippen molar-refractivity contribution < 1.29 is 4.79 Å². The van der Waals surface area contributed by atoms with E-state index in [0.717, 1.165) is 25.9 Å². The van der Waals surface area contributed by atoms with E-state index < -0.39 is 0 Å². The highest BCUT2D eigenvalue weighted by Gasteiger charge is 2.36. The zero-order valence-electron chi connectivity index (χ0n) is 12.4. The maximum Gasteiger partial charge on any atom is 0.253 e. The molecule has 1 saturated carbocycles. The minimum Gasteiger partial charge on any atom is -0.398 e. The van der Waals surface area contributed by atoms with E-state index in [1.807, 2.05) is 4.90 Å². The topological polar surface area (TPSA) is 46.3 Å². The molecule has 0 aromatic heterocycles. The number of nitrogens with two attached hydrogens (primary N) is 1.